The predicted molar refractivity (Wildman–Crippen MR) is 71.1 cm³/mol. The van der Waals surface area contributed by atoms with Crippen LogP contribution < -0.4 is 5.32 Å². The zero-order valence-corrected chi connectivity index (χ0v) is 11.2. The average molecular weight is 276 g/mol. The van der Waals surface area contributed by atoms with E-state index in [-0.39, 0.29) is 18.6 Å². The summed E-state index contributed by atoms with van der Waals surface area (Å²) >= 11 is 0. The van der Waals surface area contributed by atoms with E-state index in [1.165, 1.54) is 7.11 Å². The summed E-state index contributed by atoms with van der Waals surface area (Å²) in [7, 11) is 1.49. The van der Waals surface area contributed by atoms with Gasteiger partial charge in [-0.3, -0.25) is 4.79 Å². The predicted octanol–water partition coefficient (Wildman–Crippen LogP) is 0.265. The van der Waals surface area contributed by atoms with Crippen LogP contribution in [0.25, 0.3) is 11.2 Å². The zero-order valence-electron chi connectivity index (χ0n) is 11.2. The molecule has 1 N–H and O–H groups in total. The van der Waals surface area contributed by atoms with E-state index in [9.17, 15) is 4.79 Å². The van der Waals surface area contributed by atoms with Gasteiger partial charge in [0.2, 0.25) is 5.91 Å². The molecule has 2 aromatic heterocycles. The fourth-order valence-corrected chi connectivity index (χ4v) is 2.39. The minimum absolute atomic E-state index is 0.000504. The van der Waals surface area contributed by atoms with Crippen molar-refractivity contribution >= 4 is 17.1 Å². The lowest BCUT2D eigenvalue weighted by Gasteiger charge is -2.25. The average Bonchev–Trinajstić information content (AvgIpc) is 2.84. The number of ether oxygens (including phenoxy) is 2. The van der Waals surface area contributed by atoms with Crippen molar-refractivity contribution in [2.75, 3.05) is 26.9 Å². The normalized spacial score (nSPS) is 17.9. The third kappa shape index (κ3) is 2.37. The molecular formula is C13H16N4O3. The highest BCUT2D eigenvalue weighted by Crippen LogP contribution is 2.23. The van der Waals surface area contributed by atoms with E-state index < -0.39 is 0 Å². The van der Waals surface area contributed by atoms with Gasteiger partial charge in [0.15, 0.2) is 5.65 Å². The topological polar surface area (TPSA) is 78.3 Å². The van der Waals surface area contributed by atoms with Crippen LogP contribution in [0.15, 0.2) is 18.3 Å². The number of imidazole rings is 1. The number of hydrogen-bond donors (Lipinski definition) is 1. The van der Waals surface area contributed by atoms with Gasteiger partial charge in [-0.25, -0.2) is 9.97 Å². The molecular weight excluding hydrogens is 260 g/mol. The minimum atomic E-state index is -0.142. The molecule has 0 saturated heterocycles. The molecule has 20 heavy (non-hydrogen) atoms. The fraction of sp³-hybridized carbons (Fsp3) is 0.462. The van der Waals surface area contributed by atoms with Crippen LogP contribution in [0, 0.1) is 0 Å². The van der Waals surface area contributed by atoms with Crippen LogP contribution in [0.5, 0.6) is 0 Å². The Balaban J connectivity index is 1.84. The molecule has 1 unspecified atom stereocenters. The molecule has 7 heteroatoms. The van der Waals surface area contributed by atoms with Gasteiger partial charge in [-0.05, 0) is 12.1 Å². The van der Waals surface area contributed by atoms with E-state index >= 15 is 0 Å². The minimum Gasteiger partial charge on any atom is -0.375 e. The molecule has 106 valence electrons. The van der Waals surface area contributed by atoms with Gasteiger partial charge in [0.1, 0.15) is 24.6 Å². The Kier molecular flexibility index (Phi) is 3.62. The number of amides is 1. The smallest absolute Gasteiger partial charge is 0.246 e. The van der Waals surface area contributed by atoms with Crippen molar-refractivity contribution in [2.24, 2.45) is 0 Å². The summed E-state index contributed by atoms with van der Waals surface area (Å²) in [4.78, 5) is 20.4. The molecule has 1 atom stereocenters. The Morgan fingerprint density at radius 1 is 1.65 bits per heavy atom. The Morgan fingerprint density at radius 3 is 3.40 bits per heavy atom. The van der Waals surface area contributed by atoms with Crippen LogP contribution in [0.4, 0.5) is 0 Å². The number of nitrogens with zero attached hydrogens (tertiary/aromatic N) is 3. The van der Waals surface area contributed by atoms with E-state index in [1.807, 2.05) is 16.7 Å². The second-order valence-corrected chi connectivity index (χ2v) is 4.65. The van der Waals surface area contributed by atoms with Gasteiger partial charge in [-0.2, -0.15) is 0 Å². The summed E-state index contributed by atoms with van der Waals surface area (Å²) < 4.78 is 12.4. The second-order valence-electron chi connectivity index (χ2n) is 4.65. The van der Waals surface area contributed by atoms with Crippen molar-refractivity contribution in [3.63, 3.8) is 0 Å². The highest BCUT2D eigenvalue weighted by Gasteiger charge is 2.24. The summed E-state index contributed by atoms with van der Waals surface area (Å²) in [5, 5.41) is 2.83. The van der Waals surface area contributed by atoms with Gasteiger partial charge in [0.05, 0.1) is 12.6 Å². The monoisotopic (exact) mass is 276 g/mol. The van der Waals surface area contributed by atoms with Gasteiger partial charge in [0, 0.05) is 19.9 Å². The summed E-state index contributed by atoms with van der Waals surface area (Å²) in [6.45, 7) is 1.53. The number of carbonyl (C=O) groups excluding carboxylic acids is 1. The largest absolute Gasteiger partial charge is 0.375 e. The SMILES string of the molecule is COCC(=O)NCC1COCc2nc3cccnc3n21. The van der Waals surface area contributed by atoms with Gasteiger partial charge >= 0.3 is 0 Å². The van der Waals surface area contributed by atoms with Crippen LogP contribution in [0.2, 0.25) is 0 Å². The summed E-state index contributed by atoms with van der Waals surface area (Å²) in [5.41, 5.74) is 1.68. The molecule has 1 aliphatic rings. The molecule has 0 saturated carbocycles. The van der Waals surface area contributed by atoms with Crippen molar-refractivity contribution in [1.29, 1.82) is 0 Å². The number of aromatic nitrogens is 3. The lowest BCUT2D eigenvalue weighted by atomic mass is 10.2. The van der Waals surface area contributed by atoms with Crippen LogP contribution in [-0.4, -0.2) is 47.3 Å². The first-order chi connectivity index (χ1) is 9.79. The summed E-state index contributed by atoms with van der Waals surface area (Å²) in [5.74, 6) is 0.702. The van der Waals surface area contributed by atoms with E-state index in [0.717, 1.165) is 17.0 Å². The first-order valence-electron chi connectivity index (χ1n) is 6.45. The zero-order chi connectivity index (χ0) is 13.9. The molecule has 7 nitrogen and oxygen atoms in total. The number of hydrogen-bond acceptors (Lipinski definition) is 5. The molecule has 2 aromatic rings. The van der Waals surface area contributed by atoms with Crippen LogP contribution >= 0.6 is 0 Å². The molecule has 1 aliphatic heterocycles. The van der Waals surface area contributed by atoms with Crippen molar-refractivity contribution in [3.8, 4) is 0 Å². The fourth-order valence-electron chi connectivity index (χ4n) is 2.39. The summed E-state index contributed by atoms with van der Waals surface area (Å²) in [6, 6.07) is 3.78. The van der Waals surface area contributed by atoms with E-state index in [2.05, 4.69) is 15.3 Å². The maximum Gasteiger partial charge on any atom is 0.246 e. The highest BCUT2D eigenvalue weighted by molar-refractivity contribution is 5.77. The van der Waals surface area contributed by atoms with Crippen LogP contribution in [0.1, 0.15) is 11.9 Å². The van der Waals surface area contributed by atoms with E-state index in [0.29, 0.717) is 19.8 Å². The third-order valence-electron chi connectivity index (χ3n) is 3.24. The molecule has 0 radical (unpaired) electrons. The molecule has 1 amide bonds. The maximum absolute atomic E-state index is 11.5. The van der Waals surface area contributed by atoms with Crippen molar-refractivity contribution in [1.82, 2.24) is 19.9 Å². The van der Waals surface area contributed by atoms with E-state index in [1.54, 1.807) is 6.20 Å². The van der Waals surface area contributed by atoms with Gasteiger partial charge in [0.25, 0.3) is 0 Å². The Morgan fingerprint density at radius 2 is 2.55 bits per heavy atom. The maximum atomic E-state index is 11.5. The molecule has 0 fully saturated rings. The van der Waals surface area contributed by atoms with Gasteiger partial charge in [-0.1, -0.05) is 0 Å². The second kappa shape index (κ2) is 5.56. The van der Waals surface area contributed by atoms with Crippen molar-refractivity contribution < 1.29 is 14.3 Å². The summed E-state index contributed by atoms with van der Waals surface area (Å²) in [6.07, 6.45) is 1.74. The van der Waals surface area contributed by atoms with Crippen LogP contribution in [-0.2, 0) is 20.9 Å². The number of methoxy groups -OCH3 is 1. The number of pyridine rings is 1. The molecule has 3 rings (SSSR count). The molecule has 0 spiro atoms. The number of carbonyl (C=O) groups is 1. The first kappa shape index (κ1) is 13.0. The van der Waals surface area contributed by atoms with Crippen molar-refractivity contribution in [3.05, 3.63) is 24.2 Å². The number of nitrogens with one attached hydrogen (secondary N) is 1. The highest BCUT2D eigenvalue weighted by atomic mass is 16.5. The van der Waals surface area contributed by atoms with E-state index in [4.69, 9.17) is 9.47 Å². The molecule has 0 aromatic carbocycles. The van der Waals surface area contributed by atoms with Gasteiger partial charge in [-0.15, -0.1) is 0 Å². The third-order valence-corrected chi connectivity index (χ3v) is 3.24. The standard InChI is InChI=1S/C13H16N4O3/c1-19-8-12(18)15-5-9-6-20-7-11-16-10-3-2-4-14-13(10)17(9)11/h2-4,9H,5-8H2,1H3,(H,15,18). The lowest BCUT2D eigenvalue weighted by Crippen LogP contribution is -2.37. The Labute approximate surface area is 115 Å². The first-order valence-corrected chi connectivity index (χ1v) is 6.45. The van der Waals surface area contributed by atoms with Crippen molar-refractivity contribution in [2.45, 2.75) is 12.6 Å². The molecule has 0 bridgehead atoms. The quantitative estimate of drug-likeness (QED) is 0.867. The molecule has 3 heterocycles. The van der Waals surface area contributed by atoms with Gasteiger partial charge < -0.3 is 19.4 Å². The lowest BCUT2D eigenvalue weighted by molar-refractivity contribution is -0.125. The Bertz CT molecular complexity index is 625. The van der Waals surface area contributed by atoms with Crippen LogP contribution in [0.3, 0.4) is 0 Å². The molecule has 0 aliphatic carbocycles. The number of rotatable bonds is 4. The number of fused-ring (bicyclic) bond motifs is 3. The Hall–Kier alpha value is -1.99.